The smallest absolute Gasteiger partial charge is 0.325 e. The molecule has 1 saturated heterocycles. The summed E-state index contributed by atoms with van der Waals surface area (Å²) < 4.78 is 18.4. The molecule has 0 aromatic carbocycles. The molecule has 4 fully saturated rings. The van der Waals surface area contributed by atoms with Gasteiger partial charge in [-0.25, -0.2) is 0 Å². The third-order valence-electron chi connectivity index (χ3n) is 11.3. The first-order chi connectivity index (χ1) is 21.9. The zero-order valence-corrected chi connectivity index (χ0v) is 26.9. The second-order valence-electron chi connectivity index (χ2n) is 13.9. The minimum absolute atomic E-state index is 0.00889. The van der Waals surface area contributed by atoms with E-state index in [9.17, 15) is 24.3 Å². The molecule has 5 aliphatic rings. The van der Waals surface area contributed by atoms with E-state index in [1.807, 2.05) is 19.9 Å². The molecular weight excluding hydrogens is 600 g/mol. The first kappa shape index (κ1) is 34.8. The van der Waals surface area contributed by atoms with Crippen LogP contribution in [0.4, 0.5) is 0 Å². The van der Waals surface area contributed by atoms with Crippen molar-refractivity contribution in [1.82, 2.24) is 10.7 Å². The summed E-state index contributed by atoms with van der Waals surface area (Å²) in [5, 5.41) is 31.0. The number of amides is 1. The number of rotatable bonds is 14. The highest BCUT2D eigenvalue weighted by Crippen LogP contribution is 2.69. The second kappa shape index (κ2) is 13.9. The number of ether oxygens (including phenoxy) is 3. The number of nitrogens with zero attached hydrogens (tertiary/aromatic N) is 1. The minimum Gasteiger partial charge on any atom is -0.456 e. The number of carbonyl (C=O) groups is 4. The molecule has 0 aromatic heterocycles. The SMILES string of the molecule is CCCC1O[C@@H]2C[C@H]3[C@@H]4CCC5=CC(=O)C=C[C@]5(C)[C@H]4[C@@H](O)C[C@]3(C)C2(C(=O)COC(=O)CNC(=O)CCCCCON(O)O)O1. The number of Topliss-reactive ketones (excluding diaryl/α,β-unsaturated/α-hetero) is 1. The maximum absolute atomic E-state index is 14.2. The van der Waals surface area contributed by atoms with Crippen molar-refractivity contribution in [3.05, 3.63) is 23.8 Å². The van der Waals surface area contributed by atoms with Crippen molar-refractivity contribution in [3.8, 4) is 0 Å². The van der Waals surface area contributed by atoms with Crippen LogP contribution in [-0.2, 0) is 38.2 Å². The molecule has 13 nitrogen and oxygen atoms in total. The molecule has 3 saturated carbocycles. The molecule has 256 valence electrons. The van der Waals surface area contributed by atoms with Gasteiger partial charge in [-0.15, -0.1) is 0 Å². The standard InChI is InChI=1S/C33H48N2O11/c1-4-8-29-45-26-16-23-22-11-10-20-15-21(36)12-13-31(20,2)30(22)24(37)17-32(23,3)33(26,46-29)25(38)19-43-28(40)18-34-27(39)9-6-5-7-14-44-35(41)42/h12-13,15,22-24,26,29-30,37,41-42H,4-11,14,16-19H2,1-3H3,(H,34,39)/t22-,23-,24-,26+,29?,30+,31-,32-,33?/m0/s1. The number of nitrogens with one attached hydrogen (secondary N) is 1. The Balaban J connectivity index is 1.24. The largest absolute Gasteiger partial charge is 0.456 e. The highest BCUT2D eigenvalue weighted by Gasteiger charge is 2.75. The number of esters is 1. The number of fused-ring (bicyclic) bond motifs is 7. The number of carbonyl (C=O) groups excluding carboxylic acids is 4. The number of hydrogen-bond acceptors (Lipinski definition) is 12. The molecule has 1 amide bonds. The van der Waals surface area contributed by atoms with E-state index in [1.165, 1.54) is 0 Å². The molecule has 0 radical (unpaired) electrons. The maximum Gasteiger partial charge on any atom is 0.325 e. The van der Waals surface area contributed by atoms with Crippen molar-refractivity contribution >= 4 is 23.4 Å². The Labute approximate surface area is 269 Å². The summed E-state index contributed by atoms with van der Waals surface area (Å²) in [6, 6.07) is 0. The molecule has 46 heavy (non-hydrogen) atoms. The van der Waals surface area contributed by atoms with Gasteiger partial charge in [-0.05, 0) is 68.9 Å². The summed E-state index contributed by atoms with van der Waals surface area (Å²) in [6.45, 7) is 5.28. The second-order valence-corrected chi connectivity index (χ2v) is 13.9. The van der Waals surface area contributed by atoms with E-state index in [0.717, 1.165) is 24.8 Å². The van der Waals surface area contributed by atoms with Crippen LogP contribution >= 0.6 is 0 Å². The fourth-order valence-electron chi connectivity index (χ4n) is 9.28. The van der Waals surface area contributed by atoms with Crippen LogP contribution in [0.1, 0.15) is 85.0 Å². The van der Waals surface area contributed by atoms with Gasteiger partial charge >= 0.3 is 5.97 Å². The first-order valence-electron chi connectivity index (χ1n) is 16.6. The van der Waals surface area contributed by atoms with E-state index < -0.39 is 59.8 Å². The van der Waals surface area contributed by atoms with Gasteiger partial charge in [0.25, 0.3) is 0 Å². The molecule has 0 aromatic rings. The number of hydrogen-bond donors (Lipinski definition) is 4. The number of aliphatic hydroxyl groups excluding tert-OH is 1. The van der Waals surface area contributed by atoms with Gasteiger partial charge in [0.05, 0.1) is 24.2 Å². The summed E-state index contributed by atoms with van der Waals surface area (Å²) in [4.78, 5) is 55.6. The zero-order valence-electron chi connectivity index (χ0n) is 26.9. The Morgan fingerprint density at radius 2 is 1.96 bits per heavy atom. The van der Waals surface area contributed by atoms with Gasteiger partial charge in [0.2, 0.25) is 11.7 Å². The van der Waals surface area contributed by atoms with Crippen LogP contribution in [-0.4, -0.2) is 88.2 Å². The van der Waals surface area contributed by atoms with Crippen molar-refractivity contribution in [2.75, 3.05) is 19.8 Å². The Morgan fingerprint density at radius 1 is 1.17 bits per heavy atom. The lowest BCUT2D eigenvalue weighted by Gasteiger charge is -2.59. The highest BCUT2D eigenvalue weighted by atomic mass is 17.1. The van der Waals surface area contributed by atoms with Gasteiger partial charge in [0.15, 0.2) is 24.3 Å². The van der Waals surface area contributed by atoms with Crippen LogP contribution in [0.15, 0.2) is 23.8 Å². The molecule has 1 aliphatic heterocycles. The van der Waals surface area contributed by atoms with Gasteiger partial charge < -0.3 is 24.6 Å². The summed E-state index contributed by atoms with van der Waals surface area (Å²) >= 11 is 0. The summed E-state index contributed by atoms with van der Waals surface area (Å²) in [6.07, 6.45) is 8.99. The monoisotopic (exact) mass is 648 g/mol. The Bertz CT molecular complexity index is 1250. The molecule has 5 rings (SSSR count). The summed E-state index contributed by atoms with van der Waals surface area (Å²) in [5.74, 6) is -1.56. The van der Waals surface area contributed by atoms with Crippen LogP contribution in [0, 0.1) is 28.6 Å². The van der Waals surface area contributed by atoms with Gasteiger partial charge in [0, 0.05) is 23.2 Å². The summed E-state index contributed by atoms with van der Waals surface area (Å²) in [5.41, 5.74) is -1.57. The van der Waals surface area contributed by atoms with E-state index >= 15 is 0 Å². The van der Waals surface area contributed by atoms with E-state index in [4.69, 9.17) is 24.6 Å². The maximum atomic E-state index is 14.2. The fourth-order valence-corrected chi connectivity index (χ4v) is 9.28. The molecule has 13 heteroatoms. The number of ketones is 2. The normalized spacial score (nSPS) is 37.6. The van der Waals surface area contributed by atoms with Crippen molar-refractivity contribution in [2.45, 2.75) is 109 Å². The number of allylic oxidation sites excluding steroid dienone is 4. The predicted molar refractivity (Wildman–Crippen MR) is 160 cm³/mol. The molecule has 4 N–H and O–H groups in total. The molecule has 0 spiro atoms. The highest BCUT2D eigenvalue weighted by molar-refractivity contribution is 6.01. The molecule has 2 unspecified atom stereocenters. The number of aliphatic hydroxyl groups is 1. The molecular formula is C33H48N2O11. The third-order valence-corrected chi connectivity index (χ3v) is 11.3. The molecule has 1 heterocycles. The molecule has 4 aliphatic carbocycles. The van der Waals surface area contributed by atoms with Gasteiger partial charge in [0.1, 0.15) is 6.54 Å². The van der Waals surface area contributed by atoms with E-state index in [2.05, 4.69) is 17.1 Å². The minimum atomic E-state index is -1.39. The van der Waals surface area contributed by atoms with Crippen molar-refractivity contribution in [2.24, 2.45) is 28.6 Å². The van der Waals surface area contributed by atoms with Crippen molar-refractivity contribution in [1.29, 1.82) is 0 Å². The van der Waals surface area contributed by atoms with E-state index in [1.54, 1.807) is 12.2 Å². The Kier molecular flexibility index (Phi) is 10.5. The zero-order chi connectivity index (χ0) is 33.3. The average molecular weight is 649 g/mol. The lowest BCUT2D eigenvalue weighted by Crippen LogP contribution is -2.63. The van der Waals surface area contributed by atoms with Crippen LogP contribution in [0.2, 0.25) is 0 Å². The van der Waals surface area contributed by atoms with Crippen LogP contribution < -0.4 is 5.32 Å². The average Bonchev–Trinajstić information content (AvgIpc) is 3.48. The van der Waals surface area contributed by atoms with Crippen LogP contribution in [0.25, 0.3) is 0 Å². The fraction of sp³-hybridized carbons (Fsp3) is 0.758. The van der Waals surface area contributed by atoms with Gasteiger partial charge in [-0.2, -0.15) is 0 Å². The number of unbranched alkanes of at least 4 members (excludes halogenated alkanes) is 2. The van der Waals surface area contributed by atoms with Gasteiger partial charge in [-0.3, -0.25) is 34.4 Å². The Hall–Kier alpha value is -2.52. The van der Waals surface area contributed by atoms with Crippen LogP contribution in [0.5, 0.6) is 0 Å². The van der Waals surface area contributed by atoms with E-state index in [-0.39, 0.29) is 47.9 Å². The predicted octanol–water partition coefficient (Wildman–Crippen LogP) is 2.96. The quantitative estimate of drug-likeness (QED) is 0.123. The van der Waals surface area contributed by atoms with Crippen molar-refractivity contribution < 1.29 is 53.7 Å². The Morgan fingerprint density at radius 3 is 2.70 bits per heavy atom. The lowest BCUT2D eigenvalue weighted by molar-refractivity contribution is -0.492. The molecule has 9 atom stereocenters. The third kappa shape index (κ3) is 6.35. The topological polar surface area (TPSA) is 181 Å². The van der Waals surface area contributed by atoms with E-state index in [0.29, 0.717) is 38.5 Å². The van der Waals surface area contributed by atoms with Gasteiger partial charge in [-0.1, -0.05) is 45.3 Å². The summed E-state index contributed by atoms with van der Waals surface area (Å²) in [7, 11) is 0. The lowest BCUT2D eigenvalue weighted by atomic mass is 9.46. The molecule has 0 bridgehead atoms. The first-order valence-corrected chi connectivity index (χ1v) is 16.6. The van der Waals surface area contributed by atoms with Crippen molar-refractivity contribution in [3.63, 3.8) is 0 Å². The van der Waals surface area contributed by atoms with Crippen LogP contribution in [0.3, 0.4) is 0 Å².